The molecule has 0 aliphatic heterocycles. The maximum absolute atomic E-state index is 10.8. The summed E-state index contributed by atoms with van der Waals surface area (Å²) in [4.78, 5) is 30.8. The second kappa shape index (κ2) is 6.36. The van der Waals surface area contributed by atoms with Gasteiger partial charge in [0.2, 0.25) is 0 Å². The van der Waals surface area contributed by atoms with E-state index in [4.69, 9.17) is 5.11 Å². The lowest BCUT2D eigenvalue weighted by Crippen LogP contribution is -2.22. The Morgan fingerprint density at radius 3 is 2.20 bits per heavy atom. The van der Waals surface area contributed by atoms with Crippen LogP contribution in [0, 0.1) is 0 Å². The molecule has 0 saturated carbocycles. The van der Waals surface area contributed by atoms with Crippen LogP contribution in [0.1, 0.15) is 12.8 Å². The van der Waals surface area contributed by atoms with Crippen LogP contribution in [0.5, 0.6) is 0 Å². The third-order valence-electron chi connectivity index (χ3n) is 1.32. The molecule has 0 aromatic heterocycles. The van der Waals surface area contributed by atoms with Crippen molar-refractivity contribution in [1.82, 2.24) is 0 Å². The van der Waals surface area contributed by atoms with Gasteiger partial charge in [-0.15, -0.1) is 0 Å². The predicted octanol–water partition coefficient (Wildman–Crippen LogP) is -2.03. The standard InChI is InChI=1S/C9H10O6/c10-6(4-5-8(12)13)2-1-3-7(11)9(14)15/h1-3,11H,4-5H2,(H,12,13)(H,14,15)/p-2. The Kier molecular flexibility index (Phi) is 5.47. The normalized spacial score (nSPS) is 11.6. The number of aliphatic carboxylic acids is 2. The summed E-state index contributed by atoms with van der Waals surface area (Å²) in [5.41, 5.74) is 0. The van der Waals surface area contributed by atoms with E-state index in [1.807, 2.05) is 0 Å². The van der Waals surface area contributed by atoms with Crippen LogP contribution in [-0.2, 0) is 14.4 Å². The van der Waals surface area contributed by atoms with E-state index in [1.165, 1.54) is 0 Å². The Balaban J connectivity index is 4.07. The van der Waals surface area contributed by atoms with Gasteiger partial charge in [-0.05, 0) is 18.3 Å². The van der Waals surface area contributed by atoms with Crippen LogP contribution < -0.4 is 10.2 Å². The van der Waals surface area contributed by atoms with E-state index in [-0.39, 0.29) is 6.42 Å². The van der Waals surface area contributed by atoms with Crippen LogP contribution in [0.4, 0.5) is 0 Å². The molecule has 0 rings (SSSR count). The predicted molar refractivity (Wildman–Crippen MR) is 44.1 cm³/mol. The highest BCUT2D eigenvalue weighted by Gasteiger charge is 1.96. The number of hydrogen-bond acceptors (Lipinski definition) is 5. The van der Waals surface area contributed by atoms with Gasteiger partial charge in [0, 0.05) is 12.4 Å². The van der Waals surface area contributed by atoms with Crippen LogP contribution in [-0.4, -0.2) is 22.8 Å². The average molecular weight is 212 g/mol. The molecule has 0 fully saturated rings. The lowest BCUT2D eigenvalue weighted by Gasteiger charge is -2.01. The van der Waals surface area contributed by atoms with Crippen molar-refractivity contribution in [3.63, 3.8) is 0 Å². The molecular formula is C9H8O6-2. The molecule has 0 aliphatic rings. The van der Waals surface area contributed by atoms with Crippen molar-refractivity contribution in [3.05, 3.63) is 24.0 Å². The van der Waals surface area contributed by atoms with Crippen molar-refractivity contribution in [2.24, 2.45) is 0 Å². The van der Waals surface area contributed by atoms with Crippen LogP contribution in [0.25, 0.3) is 0 Å². The van der Waals surface area contributed by atoms with Gasteiger partial charge in [-0.3, -0.25) is 4.79 Å². The monoisotopic (exact) mass is 212 g/mol. The van der Waals surface area contributed by atoms with Gasteiger partial charge in [-0.1, -0.05) is 12.2 Å². The van der Waals surface area contributed by atoms with Crippen molar-refractivity contribution >= 4 is 17.7 Å². The summed E-state index contributed by atoms with van der Waals surface area (Å²) < 4.78 is 0. The fourth-order valence-corrected chi connectivity index (χ4v) is 0.623. The van der Waals surface area contributed by atoms with Gasteiger partial charge < -0.3 is 20.1 Å². The number of ketones is 1. The molecular weight excluding hydrogens is 204 g/mol. The number of carboxylic acids is 2. The van der Waals surface area contributed by atoms with E-state index in [1.54, 1.807) is 0 Å². The first-order valence-electron chi connectivity index (χ1n) is 3.95. The van der Waals surface area contributed by atoms with Crippen molar-refractivity contribution < 1.29 is 29.7 Å². The zero-order valence-electron chi connectivity index (χ0n) is 7.63. The summed E-state index contributed by atoms with van der Waals surface area (Å²) in [6.07, 6.45) is 1.96. The highest BCUT2D eigenvalue weighted by molar-refractivity contribution is 5.92. The van der Waals surface area contributed by atoms with E-state index >= 15 is 0 Å². The van der Waals surface area contributed by atoms with Gasteiger partial charge in [-0.25, -0.2) is 4.79 Å². The highest BCUT2D eigenvalue weighted by atomic mass is 16.4. The maximum Gasteiger partial charge on any atom is 0.320 e. The van der Waals surface area contributed by atoms with Crippen LogP contribution in [0.15, 0.2) is 24.0 Å². The minimum atomic E-state index is -1.62. The highest BCUT2D eigenvalue weighted by Crippen LogP contribution is 1.92. The summed E-state index contributed by atoms with van der Waals surface area (Å²) in [5.74, 6) is -4.64. The molecule has 15 heavy (non-hydrogen) atoms. The lowest BCUT2D eigenvalue weighted by atomic mass is 10.2. The Bertz CT molecular complexity index is 325. The van der Waals surface area contributed by atoms with Crippen LogP contribution in [0.3, 0.4) is 0 Å². The number of allylic oxidation sites excluding steroid dienone is 3. The second-order valence-electron chi connectivity index (χ2n) is 2.53. The van der Waals surface area contributed by atoms with Crippen LogP contribution >= 0.6 is 0 Å². The SMILES string of the molecule is O=C([O-])CCC(=O)C=CC=C([O-])C(=O)O. The Labute approximate surface area is 85.1 Å². The molecule has 0 radical (unpaired) electrons. The topological polar surface area (TPSA) is 118 Å². The first-order chi connectivity index (χ1) is 6.93. The summed E-state index contributed by atoms with van der Waals surface area (Å²) in [6.45, 7) is 0. The van der Waals surface area contributed by atoms with Gasteiger partial charge >= 0.3 is 5.97 Å². The molecule has 0 unspecified atom stereocenters. The second-order valence-corrected chi connectivity index (χ2v) is 2.53. The number of carbonyl (C=O) groups is 3. The van der Waals surface area contributed by atoms with Crippen molar-refractivity contribution in [2.45, 2.75) is 12.8 Å². The molecule has 0 atom stereocenters. The Hall–Kier alpha value is -2.11. The van der Waals surface area contributed by atoms with Crippen molar-refractivity contribution in [1.29, 1.82) is 0 Å². The van der Waals surface area contributed by atoms with Gasteiger partial charge in [0.25, 0.3) is 0 Å². The Morgan fingerprint density at radius 2 is 1.73 bits per heavy atom. The molecule has 0 aliphatic carbocycles. The molecule has 0 heterocycles. The smallest absolute Gasteiger partial charge is 0.320 e. The number of hydrogen-bond donors (Lipinski definition) is 1. The summed E-state index contributed by atoms with van der Waals surface area (Å²) >= 11 is 0. The number of carbonyl (C=O) groups excluding carboxylic acids is 2. The molecule has 0 amide bonds. The minimum absolute atomic E-state index is 0.242. The third-order valence-corrected chi connectivity index (χ3v) is 1.32. The van der Waals surface area contributed by atoms with E-state index < -0.39 is 29.9 Å². The maximum atomic E-state index is 10.8. The van der Waals surface area contributed by atoms with E-state index in [9.17, 15) is 24.6 Å². The average Bonchev–Trinajstić information content (AvgIpc) is 2.14. The molecule has 0 aromatic carbocycles. The zero-order valence-corrected chi connectivity index (χ0v) is 7.63. The molecule has 6 heteroatoms. The summed E-state index contributed by atoms with van der Waals surface area (Å²) in [7, 11) is 0. The first-order valence-corrected chi connectivity index (χ1v) is 3.95. The zero-order chi connectivity index (χ0) is 11.8. The third kappa shape index (κ3) is 7.00. The molecule has 6 nitrogen and oxygen atoms in total. The summed E-state index contributed by atoms with van der Waals surface area (Å²) in [6, 6.07) is 0. The molecule has 0 spiro atoms. The van der Waals surface area contributed by atoms with Gasteiger partial charge in [-0.2, -0.15) is 0 Å². The minimum Gasteiger partial charge on any atom is -0.868 e. The van der Waals surface area contributed by atoms with Crippen LogP contribution in [0.2, 0.25) is 0 Å². The molecule has 0 saturated heterocycles. The summed E-state index contributed by atoms with van der Waals surface area (Å²) in [5, 5.41) is 28.6. The van der Waals surface area contributed by atoms with Gasteiger partial charge in [0.1, 0.15) is 0 Å². The van der Waals surface area contributed by atoms with E-state index in [0.717, 1.165) is 12.2 Å². The number of rotatable bonds is 6. The largest absolute Gasteiger partial charge is 0.868 e. The van der Waals surface area contributed by atoms with Crippen molar-refractivity contribution in [2.75, 3.05) is 0 Å². The molecule has 0 bridgehead atoms. The molecule has 82 valence electrons. The van der Waals surface area contributed by atoms with Crippen molar-refractivity contribution in [3.8, 4) is 0 Å². The Morgan fingerprint density at radius 1 is 1.13 bits per heavy atom. The molecule has 0 aromatic rings. The lowest BCUT2D eigenvalue weighted by molar-refractivity contribution is -0.305. The van der Waals surface area contributed by atoms with Gasteiger partial charge in [0.15, 0.2) is 5.78 Å². The van der Waals surface area contributed by atoms with E-state index in [2.05, 4.69) is 0 Å². The first kappa shape index (κ1) is 12.9. The van der Waals surface area contributed by atoms with E-state index in [0.29, 0.717) is 6.08 Å². The molecule has 1 N–H and O–H groups in total. The fourth-order valence-electron chi connectivity index (χ4n) is 0.623. The van der Waals surface area contributed by atoms with Gasteiger partial charge in [0.05, 0.1) is 0 Å². The number of carboxylic acid groups (broad SMARTS) is 2. The quantitative estimate of drug-likeness (QED) is 0.308. The fraction of sp³-hybridized carbons (Fsp3) is 0.222.